The van der Waals surface area contributed by atoms with Gasteiger partial charge >= 0.3 is 5.97 Å². The largest absolute Gasteiger partial charge is 0.459 e. The highest BCUT2D eigenvalue weighted by Crippen LogP contribution is 2.11. The molecule has 0 aromatic carbocycles. The Bertz CT molecular complexity index is 202. The molecule has 0 spiro atoms. The standard InChI is InChI=1S/C12H25NO2S/c1-6-10(13-7-2)8-16-9-11(14)15-12(3,4)5/h10,13H,6-9H2,1-5H3. The van der Waals surface area contributed by atoms with Gasteiger partial charge in [-0.25, -0.2) is 0 Å². The van der Waals surface area contributed by atoms with Crippen molar-refractivity contribution in [3.8, 4) is 0 Å². The molecule has 0 amide bonds. The molecule has 0 heterocycles. The smallest absolute Gasteiger partial charge is 0.316 e. The van der Waals surface area contributed by atoms with Crippen molar-refractivity contribution < 1.29 is 9.53 Å². The number of thioether (sulfide) groups is 1. The predicted octanol–water partition coefficient (Wildman–Crippen LogP) is 2.45. The van der Waals surface area contributed by atoms with Gasteiger partial charge in [0.15, 0.2) is 0 Å². The summed E-state index contributed by atoms with van der Waals surface area (Å²) < 4.78 is 5.23. The minimum atomic E-state index is -0.372. The second kappa shape index (κ2) is 7.96. The molecule has 0 rings (SSSR count). The molecule has 0 aromatic rings. The van der Waals surface area contributed by atoms with E-state index < -0.39 is 0 Å². The number of nitrogens with one attached hydrogen (secondary N) is 1. The van der Waals surface area contributed by atoms with Crippen molar-refractivity contribution >= 4 is 17.7 Å². The monoisotopic (exact) mass is 247 g/mol. The average molecular weight is 247 g/mol. The van der Waals surface area contributed by atoms with Gasteiger partial charge < -0.3 is 10.1 Å². The summed E-state index contributed by atoms with van der Waals surface area (Å²) in [4.78, 5) is 11.4. The topological polar surface area (TPSA) is 38.3 Å². The number of ether oxygens (including phenoxy) is 1. The highest BCUT2D eigenvalue weighted by Gasteiger charge is 2.16. The van der Waals surface area contributed by atoms with E-state index in [1.54, 1.807) is 11.8 Å². The summed E-state index contributed by atoms with van der Waals surface area (Å²) in [5, 5.41) is 3.38. The zero-order chi connectivity index (χ0) is 12.6. The van der Waals surface area contributed by atoms with Crippen LogP contribution in [0.5, 0.6) is 0 Å². The van der Waals surface area contributed by atoms with E-state index in [2.05, 4.69) is 19.2 Å². The van der Waals surface area contributed by atoms with E-state index in [9.17, 15) is 4.79 Å². The van der Waals surface area contributed by atoms with Gasteiger partial charge in [-0.15, -0.1) is 11.8 Å². The van der Waals surface area contributed by atoms with Gasteiger partial charge in [-0.1, -0.05) is 13.8 Å². The number of hydrogen-bond acceptors (Lipinski definition) is 4. The zero-order valence-electron chi connectivity index (χ0n) is 11.1. The van der Waals surface area contributed by atoms with Crippen LogP contribution in [0.2, 0.25) is 0 Å². The molecule has 0 aliphatic carbocycles. The number of carbonyl (C=O) groups excluding carboxylic acids is 1. The van der Waals surface area contributed by atoms with Crippen LogP contribution < -0.4 is 5.32 Å². The minimum Gasteiger partial charge on any atom is -0.459 e. The first-order valence-electron chi connectivity index (χ1n) is 5.92. The number of hydrogen-bond donors (Lipinski definition) is 1. The third kappa shape index (κ3) is 9.04. The molecule has 4 heteroatoms. The van der Waals surface area contributed by atoms with Crippen molar-refractivity contribution in [1.29, 1.82) is 0 Å². The first-order chi connectivity index (χ1) is 7.39. The Morgan fingerprint density at radius 3 is 2.44 bits per heavy atom. The van der Waals surface area contributed by atoms with E-state index in [4.69, 9.17) is 4.74 Å². The minimum absolute atomic E-state index is 0.121. The van der Waals surface area contributed by atoms with Gasteiger partial charge in [0.2, 0.25) is 0 Å². The molecule has 0 aliphatic rings. The lowest BCUT2D eigenvalue weighted by Gasteiger charge is -2.20. The van der Waals surface area contributed by atoms with Gasteiger partial charge in [0.1, 0.15) is 5.60 Å². The fourth-order valence-corrected chi connectivity index (χ4v) is 2.25. The van der Waals surface area contributed by atoms with Crippen molar-refractivity contribution in [3.05, 3.63) is 0 Å². The predicted molar refractivity (Wildman–Crippen MR) is 70.9 cm³/mol. The molecule has 96 valence electrons. The summed E-state index contributed by atoms with van der Waals surface area (Å²) in [7, 11) is 0. The fraction of sp³-hybridized carbons (Fsp3) is 0.917. The Balaban J connectivity index is 3.68. The van der Waals surface area contributed by atoms with Crippen LogP contribution in [0.25, 0.3) is 0 Å². The second-order valence-electron chi connectivity index (χ2n) is 4.76. The quantitative estimate of drug-likeness (QED) is 0.701. The van der Waals surface area contributed by atoms with Gasteiger partial charge in [-0.2, -0.15) is 0 Å². The Labute approximate surface area is 104 Å². The molecule has 0 bridgehead atoms. The number of rotatable bonds is 7. The summed E-state index contributed by atoms with van der Waals surface area (Å²) in [5.74, 6) is 1.28. The Morgan fingerprint density at radius 2 is 2.00 bits per heavy atom. The van der Waals surface area contributed by atoms with Crippen LogP contribution in [-0.2, 0) is 9.53 Å². The van der Waals surface area contributed by atoms with E-state index >= 15 is 0 Å². The van der Waals surface area contributed by atoms with Crippen LogP contribution in [0.4, 0.5) is 0 Å². The van der Waals surface area contributed by atoms with Crippen molar-refractivity contribution in [2.75, 3.05) is 18.1 Å². The van der Waals surface area contributed by atoms with Gasteiger partial charge in [0.05, 0.1) is 5.75 Å². The molecule has 1 unspecified atom stereocenters. The normalized spacial score (nSPS) is 13.6. The van der Waals surface area contributed by atoms with Crippen LogP contribution in [0.1, 0.15) is 41.0 Å². The summed E-state index contributed by atoms with van der Waals surface area (Å²) in [6.45, 7) is 10.9. The Morgan fingerprint density at radius 1 is 1.38 bits per heavy atom. The maximum absolute atomic E-state index is 11.4. The van der Waals surface area contributed by atoms with Crippen molar-refractivity contribution in [3.63, 3.8) is 0 Å². The van der Waals surface area contributed by atoms with Gasteiger partial charge in [-0.05, 0) is 33.7 Å². The first kappa shape index (κ1) is 15.8. The van der Waals surface area contributed by atoms with E-state index in [0.717, 1.165) is 18.7 Å². The maximum atomic E-state index is 11.4. The molecule has 0 fully saturated rings. The average Bonchev–Trinajstić information content (AvgIpc) is 2.13. The van der Waals surface area contributed by atoms with Crippen molar-refractivity contribution in [2.45, 2.75) is 52.7 Å². The van der Waals surface area contributed by atoms with Gasteiger partial charge in [-0.3, -0.25) is 4.79 Å². The van der Waals surface area contributed by atoms with Crippen LogP contribution in [0.15, 0.2) is 0 Å². The number of carbonyl (C=O) groups is 1. The molecule has 0 saturated heterocycles. The zero-order valence-corrected chi connectivity index (χ0v) is 11.9. The van der Waals surface area contributed by atoms with Crippen LogP contribution in [-0.4, -0.2) is 35.7 Å². The first-order valence-corrected chi connectivity index (χ1v) is 7.07. The molecule has 16 heavy (non-hydrogen) atoms. The lowest BCUT2D eigenvalue weighted by Crippen LogP contribution is -2.31. The summed E-state index contributed by atoms with van der Waals surface area (Å²) in [6.07, 6.45) is 1.09. The molecule has 0 aromatic heterocycles. The Kier molecular flexibility index (Phi) is 7.85. The fourth-order valence-electron chi connectivity index (χ4n) is 1.27. The number of esters is 1. The summed E-state index contributed by atoms with van der Waals surface area (Å²) >= 11 is 1.64. The van der Waals surface area contributed by atoms with Crippen LogP contribution in [0, 0.1) is 0 Å². The SMILES string of the molecule is CCNC(CC)CSCC(=O)OC(C)(C)C. The second-order valence-corrected chi connectivity index (χ2v) is 5.79. The van der Waals surface area contributed by atoms with E-state index in [1.165, 1.54) is 0 Å². The molecule has 0 saturated carbocycles. The highest BCUT2D eigenvalue weighted by molar-refractivity contribution is 7.99. The van der Waals surface area contributed by atoms with Gasteiger partial charge in [0, 0.05) is 11.8 Å². The lowest BCUT2D eigenvalue weighted by molar-refractivity contribution is -0.151. The third-order valence-corrected chi connectivity index (χ3v) is 3.02. The summed E-state index contributed by atoms with van der Waals surface area (Å²) in [5.41, 5.74) is -0.372. The molecule has 0 aliphatic heterocycles. The van der Waals surface area contributed by atoms with Crippen LogP contribution >= 0.6 is 11.8 Å². The van der Waals surface area contributed by atoms with E-state index in [1.807, 2.05) is 20.8 Å². The highest BCUT2D eigenvalue weighted by atomic mass is 32.2. The van der Waals surface area contributed by atoms with Crippen LogP contribution in [0.3, 0.4) is 0 Å². The van der Waals surface area contributed by atoms with Gasteiger partial charge in [0.25, 0.3) is 0 Å². The van der Waals surface area contributed by atoms with E-state index in [-0.39, 0.29) is 11.6 Å². The molecule has 3 nitrogen and oxygen atoms in total. The maximum Gasteiger partial charge on any atom is 0.316 e. The molecule has 1 atom stereocenters. The lowest BCUT2D eigenvalue weighted by atomic mass is 10.2. The third-order valence-electron chi connectivity index (χ3n) is 1.94. The molecular formula is C12H25NO2S. The Hall–Kier alpha value is -0.220. The molecule has 1 N–H and O–H groups in total. The summed E-state index contributed by atoms with van der Waals surface area (Å²) in [6, 6.07) is 0.498. The van der Waals surface area contributed by atoms with Crippen molar-refractivity contribution in [1.82, 2.24) is 5.32 Å². The molecule has 0 radical (unpaired) electrons. The molecular weight excluding hydrogens is 222 g/mol. The van der Waals surface area contributed by atoms with Crippen molar-refractivity contribution in [2.24, 2.45) is 0 Å². The van der Waals surface area contributed by atoms with E-state index in [0.29, 0.717) is 11.8 Å².